The highest BCUT2D eigenvalue weighted by Gasteiger charge is 2.12. The van der Waals surface area contributed by atoms with Gasteiger partial charge in [0.15, 0.2) is 6.29 Å². The van der Waals surface area contributed by atoms with Gasteiger partial charge in [-0.1, -0.05) is 0 Å². The van der Waals surface area contributed by atoms with Gasteiger partial charge in [-0.3, -0.25) is 4.79 Å². The molecule has 0 fully saturated rings. The molecule has 0 N–H and O–H groups in total. The highest BCUT2D eigenvalue weighted by molar-refractivity contribution is 9.10. The van der Waals surface area contributed by atoms with E-state index in [1.165, 1.54) is 12.1 Å². The van der Waals surface area contributed by atoms with E-state index in [-0.39, 0.29) is 16.1 Å². The van der Waals surface area contributed by atoms with Crippen LogP contribution in [0.15, 0.2) is 16.6 Å². The topological polar surface area (TPSA) is 26.3 Å². The second-order valence-corrected chi connectivity index (χ2v) is 3.85. The lowest BCUT2D eigenvalue weighted by molar-refractivity contribution is 0.111. The monoisotopic (exact) mass is 260 g/mol. The first kappa shape index (κ1) is 11.2. The van der Waals surface area contributed by atoms with Crippen molar-refractivity contribution in [2.45, 2.75) is 20.0 Å². The average molecular weight is 261 g/mol. The van der Waals surface area contributed by atoms with Gasteiger partial charge in [0.25, 0.3) is 0 Å². The molecule has 2 nitrogen and oxygen atoms in total. The van der Waals surface area contributed by atoms with Crippen molar-refractivity contribution in [2.75, 3.05) is 0 Å². The second-order valence-electron chi connectivity index (χ2n) is 3.06. The van der Waals surface area contributed by atoms with Gasteiger partial charge in [0.05, 0.1) is 16.1 Å². The van der Waals surface area contributed by atoms with Gasteiger partial charge in [-0.25, -0.2) is 4.39 Å². The van der Waals surface area contributed by atoms with Crippen molar-refractivity contribution in [3.8, 4) is 5.75 Å². The lowest BCUT2D eigenvalue weighted by Gasteiger charge is -2.12. The van der Waals surface area contributed by atoms with E-state index in [0.717, 1.165) is 0 Å². The van der Waals surface area contributed by atoms with Crippen molar-refractivity contribution in [1.82, 2.24) is 0 Å². The molecular formula is C10H10BrFO2. The summed E-state index contributed by atoms with van der Waals surface area (Å²) in [6, 6.07) is 2.71. The standard InChI is InChI=1S/C10H10BrFO2/c1-6(2)14-9-4-3-8(12)10(11)7(9)5-13/h3-6H,1-2H3. The summed E-state index contributed by atoms with van der Waals surface area (Å²) in [6.07, 6.45) is 0.524. The third kappa shape index (κ3) is 2.32. The Kier molecular flexibility index (Phi) is 3.63. The smallest absolute Gasteiger partial charge is 0.155 e. The SMILES string of the molecule is CC(C)Oc1ccc(F)c(Br)c1C=O. The van der Waals surface area contributed by atoms with Crippen molar-refractivity contribution >= 4 is 22.2 Å². The molecule has 0 aliphatic rings. The number of carbonyl (C=O) groups is 1. The van der Waals surface area contributed by atoms with Crippen LogP contribution >= 0.6 is 15.9 Å². The van der Waals surface area contributed by atoms with Crippen LogP contribution < -0.4 is 4.74 Å². The number of halogens is 2. The molecule has 0 atom stereocenters. The fourth-order valence-electron chi connectivity index (χ4n) is 1.02. The molecular weight excluding hydrogens is 251 g/mol. The van der Waals surface area contributed by atoms with E-state index in [1.807, 2.05) is 13.8 Å². The van der Waals surface area contributed by atoms with Crippen molar-refractivity contribution in [1.29, 1.82) is 0 Å². The van der Waals surface area contributed by atoms with E-state index in [9.17, 15) is 9.18 Å². The van der Waals surface area contributed by atoms with Gasteiger partial charge in [-0.15, -0.1) is 0 Å². The number of ether oxygens (including phenoxy) is 1. The molecule has 0 amide bonds. The third-order valence-corrected chi connectivity index (χ3v) is 2.38. The minimum absolute atomic E-state index is 0.0499. The van der Waals surface area contributed by atoms with Crippen LogP contribution in [0.3, 0.4) is 0 Å². The third-order valence-electron chi connectivity index (χ3n) is 1.57. The highest BCUT2D eigenvalue weighted by Crippen LogP contribution is 2.28. The molecule has 1 aromatic rings. The van der Waals surface area contributed by atoms with Crippen LogP contribution in [0.1, 0.15) is 24.2 Å². The summed E-state index contributed by atoms with van der Waals surface area (Å²) >= 11 is 2.99. The summed E-state index contributed by atoms with van der Waals surface area (Å²) < 4.78 is 18.5. The van der Waals surface area contributed by atoms with Gasteiger partial charge >= 0.3 is 0 Å². The fraction of sp³-hybridized carbons (Fsp3) is 0.300. The maximum atomic E-state index is 13.0. The Bertz CT molecular complexity index is 350. The van der Waals surface area contributed by atoms with E-state index in [2.05, 4.69) is 15.9 Å². The predicted molar refractivity (Wildman–Crippen MR) is 55.3 cm³/mol. The number of benzene rings is 1. The Labute approximate surface area is 90.2 Å². The van der Waals surface area contributed by atoms with Crippen molar-refractivity contribution < 1.29 is 13.9 Å². The molecule has 14 heavy (non-hydrogen) atoms. The van der Waals surface area contributed by atoms with Gasteiger partial charge in [0.2, 0.25) is 0 Å². The number of hydrogen-bond donors (Lipinski definition) is 0. The zero-order valence-corrected chi connectivity index (χ0v) is 9.47. The number of rotatable bonds is 3. The van der Waals surface area contributed by atoms with E-state index in [4.69, 9.17) is 4.74 Å². The van der Waals surface area contributed by atoms with Crippen molar-refractivity contribution in [3.63, 3.8) is 0 Å². The first-order valence-corrected chi connectivity index (χ1v) is 4.95. The van der Waals surface area contributed by atoms with Gasteiger partial charge in [-0.05, 0) is 41.9 Å². The Morgan fingerprint density at radius 3 is 2.64 bits per heavy atom. The van der Waals surface area contributed by atoms with Crippen molar-refractivity contribution in [3.05, 3.63) is 28.0 Å². The van der Waals surface area contributed by atoms with Gasteiger partial charge < -0.3 is 4.74 Å². The van der Waals surface area contributed by atoms with E-state index >= 15 is 0 Å². The molecule has 0 aromatic heterocycles. The first-order chi connectivity index (χ1) is 6.56. The van der Waals surface area contributed by atoms with Gasteiger partial charge in [0.1, 0.15) is 11.6 Å². The molecule has 1 rings (SSSR count). The number of hydrogen-bond acceptors (Lipinski definition) is 2. The molecule has 0 aliphatic carbocycles. The molecule has 76 valence electrons. The molecule has 0 unspecified atom stereocenters. The van der Waals surface area contributed by atoms with Crippen LogP contribution in [0.25, 0.3) is 0 Å². The van der Waals surface area contributed by atoms with E-state index in [1.54, 1.807) is 0 Å². The molecule has 1 aromatic carbocycles. The molecule has 4 heteroatoms. The van der Waals surface area contributed by atoms with Crippen LogP contribution in [0.2, 0.25) is 0 Å². The van der Waals surface area contributed by atoms with Crippen LogP contribution in [-0.2, 0) is 0 Å². The van der Waals surface area contributed by atoms with E-state index < -0.39 is 5.82 Å². The van der Waals surface area contributed by atoms with Crippen molar-refractivity contribution in [2.24, 2.45) is 0 Å². The molecule has 0 aliphatic heterocycles. The lowest BCUT2D eigenvalue weighted by Crippen LogP contribution is -2.08. The molecule has 0 spiro atoms. The van der Waals surface area contributed by atoms with Crippen LogP contribution in [0.4, 0.5) is 4.39 Å². The maximum Gasteiger partial charge on any atom is 0.155 e. The molecule has 0 bridgehead atoms. The number of carbonyl (C=O) groups excluding carboxylic acids is 1. The summed E-state index contributed by atoms with van der Waals surface area (Å²) in [6.45, 7) is 3.68. The second kappa shape index (κ2) is 4.55. The summed E-state index contributed by atoms with van der Waals surface area (Å²) in [7, 11) is 0. The largest absolute Gasteiger partial charge is 0.490 e. The summed E-state index contributed by atoms with van der Waals surface area (Å²) in [5.41, 5.74) is 0.207. The zero-order valence-electron chi connectivity index (χ0n) is 7.88. The zero-order chi connectivity index (χ0) is 10.7. The Morgan fingerprint density at radius 2 is 2.14 bits per heavy atom. The molecule has 0 radical (unpaired) electrons. The first-order valence-electron chi connectivity index (χ1n) is 4.16. The van der Waals surface area contributed by atoms with Crippen LogP contribution in [0.5, 0.6) is 5.75 Å². The Morgan fingerprint density at radius 1 is 1.50 bits per heavy atom. The predicted octanol–water partition coefficient (Wildman–Crippen LogP) is 3.19. The average Bonchev–Trinajstić information content (AvgIpc) is 2.11. The highest BCUT2D eigenvalue weighted by atomic mass is 79.9. The molecule has 0 heterocycles. The molecule has 0 saturated carbocycles. The van der Waals surface area contributed by atoms with Gasteiger partial charge in [-0.2, -0.15) is 0 Å². The molecule has 0 saturated heterocycles. The van der Waals surface area contributed by atoms with Crippen LogP contribution in [-0.4, -0.2) is 12.4 Å². The van der Waals surface area contributed by atoms with Crippen LogP contribution in [0, 0.1) is 5.82 Å². The summed E-state index contributed by atoms with van der Waals surface area (Å²) in [5.74, 6) is -0.0773. The summed E-state index contributed by atoms with van der Waals surface area (Å²) in [4.78, 5) is 10.7. The minimum Gasteiger partial charge on any atom is -0.490 e. The normalized spacial score (nSPS) is 10.4. The lowest BCUT2D eigenvalue weighted by atomic mass is 10.2. The van der Waals surface area contributed by atoms with E-state index in [0.29, 0.717) is 12.0 Å². The van der Waals surface area contributed by atoms with Gasteiger partial charge in [0, 0.05) is 0 Å². The number of aldehydes is 1. The Balaban J connectivity index is 3.17. The minimum atomic E-state index is -0.469. The Hall–Kier alpha value is -0.900. The fourth-order valence-corrected chi connectivity index (χ4v) is 1.44. The maximum absolute atomic E-state index is 13.0. The quantitative estimate of drug-likeness (QED) is 0.781. The summed E-state index contributed by atoms with van der Waals surface area (Å²) in [5, 5.41) is 0.